The van der Waals surface area contributed by atoms with Crippen molar-refractivity contribution in [2.75, 3.05) is 0 Å². The summed E-state index contributed by atoms with van der Waals surface area (Å²) in [6, 6.07) is 0. The van der Waals surface area contributed by atoms with Gasteiger partial charge < -0.3 is 0 Å². The van der Waals surface area contributed by atoms with E-state index in [4.69, 9.17) is 0 Å². The Morgan fingerprint density at radius 3 is 3.00 bits per heavy atom. The molecule has 58 valence electrons. The van der Waals surface area contributed by atoms with Gasteiger partial charge in [0, 0.05) is 6.20 Å². The Morgan fingerprint density at radius 2 is 2.45 bits per heavy atom. The lowest BCUT2D eigenvalue weighted by molar-refractivity contribution is 0.484. The van der Waals surface area contributed by atoms with Crippen LogP contribution in [0.2, 0.25) is 0 Å². The summed E-state index contributed by atoms with van der Waals surface area (Å²) in [7, 11) is 0. The molecule has 0 amide bonds. The lowest BCUT2D eigenvalue weighted by Gasteiger charge is -2.10. The van der Waals surface area contributed by atoms with Crippen molar-refractivity contribution in [2.24, 2.45) is 9.98 Å². The van der Waals surface area contributed by atoms with Gasteiger partial charge in [-0.1, -0.05) is 12.7 Å². The van der Waals surface area contributed by atoms with E-state index in [1.807, 2.05) is 13.0 Å². The molecule has 0 atom stereocenters. The van der Waals surface area contributed by atoms with Crippen LogP contribution in [0.25, 0.3) is 0 Å². The quantitative estimate of drug-likeness (QED) is 0.563. The van der Waals surface area contributed by atoms with Crippen molar-refractivity contribution in [2.45, 2.75) is 6.92 Å². The molecule has 1 aliphatic heterocycles. The minimum absolute atomic E-state index is 0.521. The highest BCUT2D eigenvalue weighted by Crippen LogP contribution is 2.05. The molecule has 1 N–H and O–H groups in total. The van der Waals surface area contributed by atoms with Crippen molar-refractivity contribution in [1.29, 1.82) is 0 Å². The predicted octanol–water partition coefficient (Wildman–Crippen LogP) is 0.868. The highest BCUT2D eigenvalue weighted by atomic mass is 15.6. The maximum atomic E-state index is 3.96. The van der Waals surface area contributed by atoms with Crippen LogP contribution in [0.15, 0.2) is 34.7 Å². The summed E-state index contributed by atoms with van der Waals surface area (Å²) in [6.45, 7) is 8.90. The van der Waals surface area contributed by atoms with E-state index >= 15 is 0 Å². The Morgan fingerprint density at radius 1 is 1.73 bits per heavy atom. The molecular formula is C7H10N4. The van der Waals surface area contributed by atoms with E-state index < -0.39 is 0 Å². The zero-order valence-electron chi connectivity index (χ0n) is 6.41. The second-order valence-electron chi connectivity index (χ2n) is 1.98. The molecule has 1 rings (SSSR count). The fraction of sp³-hybridized carbons (Fsp3) is 0.143. The molecule has 0 aromatic heterocycles. The van der Waals surface area contributed by atoms with Crippen LogP contribution in [0.5, 0.6) is 0 Å². The molecule has 0 aliphatic carbocycles. The third-order valence-electron chi connectivity index (χ3n) is 1.14. The molecule has 0 fully saturated rings. The van der Waals surface area contributed by atoms with E-state index in [1.54, 1.807) is 11.2 Å². The van der Waals surface area contributed by atoms with Crippen LogP contribution in [0, 0.1) is 0 Å². The number of hydrazine groups is 1. The Kier molecular flexibility index (Phi) is 2.06. The van der Waals surface area contributed by atoms with Gasteiger partial charge in [0.2, 0.25) is 5.96 Å². The van der Waals surface area contributed by atoms with Gasteiger partial charge in [0.1, 0.15) is 5.82 Å². The largest absolute Gasteiger partial charge is 0.275 e. The first kappa shape index (κ1) is 7.53. The lowest BCUT2D eigenvalue weighted by atomic mass is 10.7. The van der Waals surface area contributed by atoms with Crippen LogP contribution in [-0.4, -0.2) is 17.7 Å². The minimum Gasteiger partial charge on any atom is -0.275 e. The third kappa shape index (κ3) is 1.46. The molecule has 0 unspecified atom stereocenters. The van der Waals surface area contributed by atoms with Gasteiger partial charge in [0.05, 0.1) is 0 Å². The third-order valence-corrected chi connectivity index (χ3v) is 1.14. The number of nitrogens with zero attached hydrogens (tertiary/aromatic N) is 3. The molecular weight excluding hydrogens is 140 g/mol. The first-order chi connectivity index (χ1) is 5.27. The average molecular weight is 150 g/mol. The molecule has 0 saturated heterocycles. The van der Waals surface area contributed by atoms with E-state index in [0.29, 0.717) is 11.8 Å². The van der Waals surface area contributed by atoms with Crippen molar-refractivity contribution >= 4 is 12.7 Å². The normalized spacial score (nSPS) is 17.0. The molecule has 0 aromatic rings. The van der Waals surface area contributed by atoms with Crippen LogP contribution in [0.3, 0.4) is 0 Å². The lowest BCUT2D eigenvalue weighted by Crippen LogP contribution is -2.29. The number of hydrogen-bond acceptors (Lipinski definition) is 4. The van der Waals surface area contributed by atoms with E-state index in [2.05, 4.69) is 28.7 Å². The number of guanidine groups is 1. The van der Waals surface area contributed by atoms with Gasteiger partial charge in [-0.2, -0.15) is 4.99 Å². The summed E-state index contributed by atoms with van der Waals surface area (Å²) in [6.07, 6.45) is 3.66. The van der Waals surface area contributed by atoms with Crippen molar-refractivity contribution in [3.63, 3.8) is 0 Å². The van der Waals surface area contributed by atoms with Crippen LogP contribution >= 0.6 is 0 Å². The zero-order valence-corrected chi connectivity index (χ0v) is 6.41. The van der Waals surface area contributed by atoms with Crippen LogP contribution in [-0.2, 0) is 0 Å². The summed E-state index contributed by atoms with van der Waals surface area (Å²) >= 11 is 0. The van der Waals surface area contributed by atoms with Gasteiger partial charge in [-0.3, -0.25) is 5.43 Å². The summed E-state index contributed by atoms with van der Waals surface area (Å²) in [5.74, 6) is 1.10. The average Bonchev–Trinajstić information content (AvgIpc) is 2.32. The van der Waals surface area contributed by atoms with Crippen LogP contribution in [0.1, 0.15) is 6.92 Å². The molecule has 0 saturated carbocycles. The van der Waals surface area contributed by atoms with Gasteiger partial charge in [-0.15, -0.1) is 0 Å². The number of rotatable bonds is 1. The van der Waals surface area contributed by atoms with Crippen molar-refractivity contribution in [3.8, 4) is 0 Å². The Hall–Kier alpha value is -1.58. The maximum absolute atomic E-state index is 3.96. The highest BCUT2D eigenvalue weighted by Gasteiger charge is 2.13. The predicted molar refractivity (Wildman–Crippen MR) is 45.9 cm³/mol. The van der Waals surface area contributed by atoms with Crippen LogP contribution < -0.4 is 5.43 Å². The second-order valence-corrected chi connectivity index (χ2v) is 1.98. The van der Waals surface area contributed by atoms with Gasteiger partial charge in [0.15, 0.2) is 0 Å². The fourth-order valence-corrected chi connectivity index (χ4v) is 0.753. The van der Waals surface area contributed by atoms with Gasteiger partial charge in [-0.05, 0) is 13.6 Å². The topological polar surface area (TPSA) is 40.0 Å². The second kappa shape index (κ2) is 3.01. The first-order valence-electron chi connectivity index (χ1n) is 3.21. The van der Waals surface area contributed by atoms with E-state index in [1.165, 1.54) is 0 Å². The summed E-state index contributed by atoms with van der Waals surface area (Å²) < 4.78 is 0. The molecule has 0 bridgehead atoms. The van der Waals surface area contributed by atoms with Gasteiger partial charge in [0.25, 0.3) is 0 Å². The number of aliphatic imine (C=N–C) groups is 2. The first-order valence-corrected chi connectivity index (χ1v) is 3.21. The molecule has 11 heavy (non-hydrogen) atoms. The van der Waals surface area contributed by atoms with E-state index in [9.17, 15) is 0 Å². The Balaban J connectivity index is 2.78. The molecule has 4 nitrogen and oxygen atoms in total. The highest BCUT2D eigenvalue weighted by molar-refractivity contribution is 5.87. The van der Waals surface area contributed by atoms with Crippen molar-refractivity contribution in [3.05, 3.63) is 24.7 Å². The summed E-state index contributed by atoms with van der Waals surface area (Å²) in [4.78, 5) is 7.65. The summed E-state index contributed by atoms with van der Waals surface area (Å²) in [5, 5.41) is 1.65. The SMILES string of the molecule is C=NC1=NC(=C)NN1/C=C\C. The molecule has 0 radical (unpaired) electrons. The van der Waals surface area contributed by atoms with Crippen molar-refractivity contribution in [1.82, 2.24) is 10.4 Å². The number of allylic oxidation sites excluding steroid dienone is 1. The molecule has 1 aliphatic rings. The standard InChI is InChI=1S/C7H10N4/c1-4-5-11-7(8-3)9-6(2)10-11/h4-5,10H,2-3H2,1H3/b5-4-. The van der Waals surface area contributed by atoms with Gasteiger partial charge >= 0.3 is 0 Å². The molecule has 0 spiro atoms. The number of nitrogens with one attached hydrogen (secondary N) is 1. The van der Waals surface area contributed by atoms with Gasteiger partial charge in [-0.25, -0.2) is 10.0 Å². The molecule has 0 aromatic carbocycles. The minimum atomic E-state index is 0.521. The fourth-order valence-electron chi connectivity index (χ4n) is 0.753. The zero-order chi connectivity index (χ0) is 8.27. The molecule has 1 heterocycles. The summed E-state index contributed by atoms with van der Waals surface area (Å²) in [5.41, 5.74) is 2.87. The van der Waals surface area contributed by atoms with Crippen LogP contribution in [0.4, 0.5) is 0 Å². The maximum Gasteiger partial charge on any atom is 0.250 e. The van der Waals surface area contributed by atoms with E-state index in [-0.39, 0.29) is 0 Å². The number of hydrogen-bond donors (Lipinski definition) is 1. The Labute approximate surface area is 65.6 Å². The van der Waals surface area contributed by atoms with Crippen molar-refractivity contribution < 1.29 is 0 Å². The Bertz CT molecular complexity index is 239. The molecule has 4 heteroatoms. The van der Waals surface area contributed by atoms with E-state index in [0.717, 1.165) is 0 Å². The smallest absolute Gasteiger partial charge is 0.250 e. The monoisotopic (exact) mass is 150 g/mol.